The van der Waals surface area contributed by atoms with Crippen molar-refractivity contribution in [3.8, 4) is 11.8 Å². The van der Waals surface area contributed by atoms with Crippen molar-refractivity contribution < 1.29 is 14.7 Å². The first-order valence-electron chi connectivity index (χ1n) is 11.9. The van der Waals surface area contributed by atoms with Gasteiger partial charge in [-0.2, -0.15) is 5.26 Å². The van der Waals surface area contributed by atoms with E-state index >= 15 is 0 Å². The first kappa shape index (κ1) is 23.4. The van der Waals surface area contributed by atoms with Crippen LogP contribution in [-0.2, 0) is 11.3 Å². The smallest absolute Gasteiger partial charge is 0.274 e. The minimum absolute atomic E-state index is 0.0514. The molecule has 2 fully saturated rings. The van der Waals surface area contributed by atoms with Gasteiger partial charge in [0.05, 0.1) is 17.6 Å². The van der Waals surface area contributed by atoms with Crippen molar-refractivity contribution in [3.05, 3.63) is 53.6 Å². The number of nitriles is 1. The number of rotatable bonds is 5. The molecular weight excluding hydrogens is 460 g/mol. The normalized spacial score (nSPS) is 17.7. The molecule has 2 aliphatic rings. The molecule has 5 rings (SSSR count). The number of piperazine rings is 1. The summed E-state index contributed by atoms with van der Waals surface area (Å²) in [5, 5.41) is 25.9. The number of hydrogen-bond donors (Lipinski definition) is 3. The number of amides is 2. The number of pyridine rings is 3. The molecule has 0 aliphatic carbocycles. The summed E-state index contributed by atoms with van der Waals surface area (Å²) >= 11 is 0. The fourth-order valence-electron chi connectivity index (χ4n) is 4.59. The molecule has 0 radical (unpaired) electrons. The summed E-state index contributed by atoms with van der Waals surface area (Å²) in [5.74, 6) is 0.0905. The van der Waals surface area contributed by atoms with E-state index in [1.54, 1.807) is 24.3 Å². The van der Waals surface area contributed by atoms with E-state index in [1.165, 1.54) is 12.4 Å². The Kier molecular flexibility index (Phi) is 6.60. The molecule has 2 amide bonds. The van der Waals surface area contributed by atoms with Gasteiger partial charge < -0.3 is 25.5 Å². The Morgan fingerprint density at radius 3 is 2.72 bits per heavy atom. The first-order valence-corrected chi connectivity index (χ1v) is 11.9. The average Bonchev–Trinajstić information content (AvgIpc) is 3.42. The lowest BCUT2D eigenvalue weighted by atomic mass is 10.1. The van der Waals surface area contributed by atoms with Crippen LogP contribution in [0.2, 0.25) is 0 Å². The molecule has 11 nitrogen and oxygen atoms in total. The van der Waals surface area contributed by atoms with Gasteiger partial charge in [-0.3, -0.25) is 9.59 Å². The summed E-state index contributed by atoms with van der Waals surface area (Å²) in [6.45, 7) is 4.66. The van der Waals surface area contributed by atoms with Crippen LogP contribution in [0.4, 0.5) is 5.82 Å². The molecule has 2 aliphatic heterocycles. The summed E-state index contributed by atoms with van der Waals surface area (Å²) in [5.41, 5.74) is 1.38. The molecule has 36 heavy (non-hydrogen) atoms. The third-order valence-corrected chi connectivity index (χ3v) is 6.60. The van der Waals surface area contributed by atoms with E-state index in [0.717, 1.165) is 39.1 Å². The molecule has 3 N–H and O–H groups in total. The van der Waals surface area contributed by atoms with Gasteiger partial charge in [-0.15, -0.1) is 0 Å². The number of carbonyl (C=O) groups is 2. The maximum Gasteiger partial charge on any atom is 0.274 e. The van der Waals surface area contributed by atoms with Crippen molar-refractivity contribution in [2.24, 2.45) is 5.92 Å². The molecule has 0 aromatic carbocycles. The Morgan fingerprint density at radius 2 is 1.97 bits per heavy atom. The summed E-state index contributed by atoms with van der Waals surface area (Å²) in [6, 6.07) is 8.73. The van der Waals surface area contributed by atoms with E-state index in [2.05, 4.69) is 30.5 Å². The van der Waals surface area contributed by atoms with Crippen LogP contribution in [-0.4, -0.2) is 76.0 Å². The summed E-state index contributed by atoms with van der Waals surface area (Å²) in [6.07, 6.45) is 3.76. The number of aromatic nitrogens is 3. The zero-order valence-electron chi connectivity index (χ0n) is 19.6. The third-order valence-electron chi connectivity index (χ3n) is 6.60. The fourth-order valence-corrected chi connectivity index (χ4v) is 4.59. The predicted molar refractivity (Wildman–Crippen MR) is 131 cm³/mol. The molecule has 11 heteroatoms. The Bertz CT molecular complexity index is 1330. The Balaban J connectivity index is 1.26. The van der Waals surface area contributed by atoms with Crippen molar-refractivity contribution in [3.63, 3.8) is 0 Å². The number of hydrogen-bond acceptors (Lipinski definition) is 9. The average molecular weight is 487 g/mol. The third kappa shape index (κ3) is 4.76. The molecule has 1 unspecified atom stereocenters. The van der Waals surface area contributed by atoms with Crippen LogP contribution in [0.1, 0.15) is 28.2 Å². The molecule has 0 spiro atoms. The molecule has 3 aromatic rings. The minimum atomic E-state index is -0.531. The second kappa shape index (κ2) is 10.1. The highest BCUT2D eigenvalue weighted by Crippen LogP contribution is 2.30. The zero-order valence-corrected chi connectivity index (χ0v) is 19.6. The van der Waals surface area contributed by atoms with Gasteiger partial charge in [0.25, 0.3) is 5.91 Å². The van der Waals surface area contributed by atoms with Crippen LogP contribution in [0.5, 0.6) is 5.75 Å². The van der Waals surface area contributed by atoms with Crippen molar-refractivity contribution in [2.75, 3.05) is 44.2 Å². The molecule has 2 saturated heterocycles. The van der Waals surface area contributed by atoms with Crippen molar-refractivity contribution in [1.82, 2.24) is 30.5 Å². The van der Waals surface area contributed by atoms with Crippen LogP contribution in [0.25, 0.3) is 10.9 Å². The van der Waals surface area contributed by atoms with Crippen LogP contribution < -0.4 is 15.5 Å². The van der Waals surface area contributed by atoms with Crippen LogP contribution in [0.3, 0.4) is 0 Å². The van der Waals surface area contributed by atoms with Gasteiger partial charge >= 0.3 is 0 Å². The number of fused-ring (bicyclic) bond motifs is 1. The van der Waals surface area contributed by atoms with Gasteiger partial charge in [0.1, 0.15) is 17.6 Å². The summed E-state index contributed by atoms with van der Waals surface area (Å²) in [7, 11) is 0. The number of nitrogens with zero attached hydrogens (tertiary/aromatic N) is 6. The van der Waals surface area contributed by atoms with E-state index in [4.69, 9.17) is 5.26 Å². The fraction of sp³-hybridized carbons (Fsp3) is 0.360. The number of carbonyl (C=O) groups excluding carboxylic acids is 2. The van der Waals surface area contributed by atoms with Gasteiger partial charge in [-0.25, -0.2) is 15.0 Å². The Morgan fingerprint density at radius 1 is 1.14 bits per heavy atom. The van der Waals surface area contributed by atoms with Gasteiger partial charge in [-0.05, 0) is 30.2 Å². The highest BCUT2D eigenvalue weighted by molar-refractivity contribution is 6.00. The van der Waals surface area contributed by atoms with E-state index in [9.17, 15) is 14.7 Å². The molecule has 5 heterocycles. The number of nitrogens with one attached hydrogen (secondary N) is 2. The lowest BCUT2D eigenvalue weighted by molar-refractivity contribution is -0.135. The predicted octanol–water partition coefficient (Wildman–Crippen LogP) is 0.790. The Labute approximate surface area is 207 Å². The van der Waals surface area contributed by atoms with E-state index < -0.39 is 5.91 Å². The van der Waals surface area contributed by atoms with Crippen LogP contribution in [0.15, 0.2) is 36.7 Å². The topological polar surface area (TPSA) is 147 Å². The second-order valence-electron chi connectivity index (χ2n) is 8.91. The largest absolute Gasteiger partial charge is 0.505 e. The van der Waals surface area contributed by atoms with E-state index in [1.807, 2.05) is 11.0 Å². The van der Waals surface area contributed by atoms with Crippen molar-refractivity contribution in [2.45, 2.75) is 13.0 Å². The number of aromatic hydroxyl groups is 1. The quantitative estimate of drug-likeness (QED) is 0.476. The first-order chi connectivity index (χ1) is 17.5. The SMILES string of the molecule is N#Cc1ccc(CNC(=O)c2ncc3nc(N4CCC(C(=O)N5CCNCC5)C4)ccc3c2O)cn1. The summed E-state index contributed by atoms with van der Waals surface area (Å²) in [4.78, 5) is 42.3. The van der Waals surface area contributed by atoms with Crippen LogP contribution >= 0.6 is 0 Å². The highest BCUT2D eigenvalue weighted by atomic mass is 16.3. The molecular formula is C25H26N8O3. The van der Waals surface area contributed by atoms with Crippen LogP contribution in [0, 0.1) is 17.2 Å². The molecule has 3 aromatic heterocycles. The van der Waals surface area contributed by atoms with E-state index in [0.29, 0.717) is 34.5 Å². The van der Waals surface area contributed by atoms with Crippen molar-refractivity contribution in [1.29, 1.82) is 5.26 Å². The lowest BCUT2D eigenvalue weighted by Crippen LogP contribution is -2.48. The molecule has 1 atom stereocenters. The molecule has 0 saturated carbocycles. The lowest BCUT2D eigenvalue weighted by Gasteiger charge is -2.29. The summed E-state index contributed by atoms with van der Waals surface area (Å²) < 4.78 is 0. The van der Waals surface area contributed by atoms with Gasteiger partial charge in [-0.1, -0.05) is 6.07 Å². The maximum atomic E-state index is 12.9. The van der Waals surface area contributed by atoms with Gasteiger partial charge in [0.15, 0.2) is 11.4 Å². The van der Waals surface area contributed by atoms with Gasteiger partial charge in [0.2, 0.25) is 5.91 Å². The second-order valence-corrected chi connectivity index (χ2v) is 8.91. The van der Waals surface area contributed by atoms with Crippen molar-refractivity contribution >= 4 is 28.5 Å². The van der Waals surface area contributed by atoms with E-state index in [-0.39, 0.29) is 29.8 Å². The standard InChI is InChI=1S/C25H26N8O3/c26-11-18-2-1-16(12-28-18)13-30-24(35)22-23(34)19-3-4-21(31-20(19)14-29-22)33-8-5-17(15-33)25(36)32-9-6-27-7-10-32/h1-4,12,14,17,27,34H,5-10,13,15H2,(H,30,35). The molecule has 184 valence electrons. The zero-order chi connectivity index (χ0) is 25.1. The Hall–Kier alpha value is -4.30. The van der Waals surface area contributed by atoms with Gasteiger partial charge in [0, 0.05) is 57.4 Å². The number of anilines is 1. The highest BCUT2D eigenvalue weighted by Gasteiger charge is 2.32. The maximum absolute atomic E-state index is 12.9. The molecule has 0 bridgehead atoms. The monoisotopic (exact) mass is 486 g/mol. The minimum Gasteiger partial charge on any atom is -0.505 e.